The van der Waals surface area contributed by atoms with Gasteiger partial charge in [0, 0.05) is 33.9 Å². The van der Waals surface area contributed by atoms with Gasteiger partial charge in [-0.1, -0.05) is 0 Å². The molecule has 92 valence electrons. The van der Waals surface area contributed by atoms with E-state index < -0.39 is 0 Å². The maximum Gasteiger partial charge on any atom is 0.0331 e. The lowest BCUT2D eigenvalue weighted by Gasteiger charge is -2.19. The fraction of sp³-hybridized carbons (Fsp3) is 0.636. The van der Waals surface area contributed by atoms with Gasteiger partial charge in [-0.3, -0.25) is 4.90 Å². The number of rotatable bonds is 3. The Morgan fingerprint density at radius 1 is 1.62 bits per heavy atom. The molecule has 16 heavy (non-hydrogen) atoms. The van der Waals surface area contributed by atoms with Gasteiger partial charge in [-0.15, -0.1) is 23.7 Å². The summed E-state index contributed by atoms with van der Waals surface area (Å²) >= 11 is 5.32. The summed E-state index contributed by atoms with van der Waals surface area (Å²) < 4.78 is 1.20. The van der Waals surface area contributed by atoms with E-state index >= 15 is 0 Å². The zero-order valence-electron chi connectivity index (χ0n) is 9.36. The summed E-state index contributed by atoms with van der Waals surface area (Å²) in [6.07, 6.45) is 1.25. The predicted octanol–water partition coefficient (Wildman–Crippen LogP) is 3.10. The lowest BCUT2D eigenvalue weighted by Crippen LogP contribution is -2.26. The third-order valence-electron chi connectivity index (χ3n) is 3.10. The van der Waals surface area contributed by atoms with E-state index in [0.717, 1.165) is 19.6 Å². The molecule has 1 aromatic heterocycles. The first-order chi connectivity index (χ1) is 7.19. The molecule has 0 amide bonds. The zero-order chi connectivity index (χ0) is 10.8. The molecule has 2 unspecified atom stereocenters. The Balaban J connectivity index is 0.00000128. The average molecular weight is 326 g/mol. The number of thiophene rings is 1. The van der Waals surface area contributed by atoms with Crippen LogP contribution in [0.3, 0.4) is 0 Å². The summed E-state index contributed by atoms with van der Waals surface area (Å²) in [4.78, 5) is 3.97. The molecule has 0 aromatic carbocycles. The Labute approximate surface area is 116 Å². The summed E-state index contributed by atoms with van der Waals surface area (Å²) in [6, 6.07) is 2.90. The van der Waals surface area contributed by atoms with E-state index in [0.29, 0.717) is 12.0 Å². The smallest absolute Gasteiger partial charge is 0.0331 e. The molecule has 2 nitrogen and oxygen atoms in total. The van der Waals surface area contributed by atoms with Crippen LogP contribution in [0, 0.1) is 5.92 Å². The highest BCUT2D eigenvalue weighted by Crippen LogP contribution is 2.27. The molecule has 2 atom stereocenters. The van der Waals surface area contributed by atoms with Crippen LogP contribution >= 0.6 is 39.7 Å². The third kappa shape index (κ3) is 3.44. The van der Waals surface area contributed by atoms with Crippen molar-refractivity contribution >= 4 is 39.7 Å². The van der Waals surface area contributed by atoms with E-state index in [1.54, 1.807) is 0 Å². The van der Waals surface area contributed by atoms with Gasteiger partial charge in [-0.25, -0.2) is 0 Å². The summed E-state index contributed by atoms with van der Waals surface area (Å²) in [5.74, 6) is 0.698. The van der Waals surface area contributed by atoms with E-state index in [4.69, 9.17) is 5.73 Å². The molecule has 2 heterocycles. The Hall–Kier alpha value is 0.390. The molecule has 1 aliphatic heterocycles. The average Bonchev–Trinajstić information content (AvgIpc) is 2.75. The SMILES string of the molecule is CC1CC(CN)CN1Cc1cc(Br)cs1.Cl. The van der Waals surface area contributed by atoms with Crippen LogP contribution in [0.1, 0.15) is 18.2 Å². The van der Waals surface area contributed by atoms with Gasteiger partial charge in [0.15, 0.2) is 0 Å². The molecular weight excluding hydrogens is 308 g/mol. The van der Waals surface area contributed by atoms with Crippen molar-refractivity contribution in [1.82, 2.24) is 4.90 Å². The van der Waals surface area contributed by atoms with Gasteiger partial charge in [0.05, 0.1) is 0 Å². The van der Waals surface area contributed by atoms with Crippen molar-refractivity contribution in [3.63, 3.8) is 0 Å². The van der Waals surface area contributed by atoms with Gasteiger partial charge in [0.25, 0.3) is 0 Å². The third-order valence-corrected chi connectivity index (χ3v) is 4.79. The highest BCUT2D eigenvalue weighted by molar-refractivity contribution is 9.10. The molecule has 1 aliphatic rings. The molecule has 5 heteroatoms. The fourth-order valence-electron chi connectivity index (χ4n) is 2.25. The monoisotopic (exact) mass is 324 g/mol. The van der Waals surface area contributed by atoms with Crippen molar-refractivity contribution in [3.05, 3.63) is 20.8 Å². The van der Waals surface area contributed by atoms with Crippen molar-refractivity contribution in [2.45, 2.75) is 25.9 Å². The van der Waals surface area contributed by atoms with Gasteiger partial charge in [-0.05, 0) is 47.8 Å². The Morgan fingerprint density at radius 3 is 2.88 bits per heavy atom. The predicted molar refractivity (Wildman–Crippen MR) is 76.3 cm³/mol. The van der Waals surface area contributed by atoms with Crippen molar-refractivity contribution in [3.8, 4) is 0 Å². The minimum atomic E-state index is 0. The van der Waals surface area contributed by atoms with Crippen molar-refractivity contribution in [1.29, 1.82) is 0 Å². The molecule has 1 aromatic rings. The molecule has 1 saturated heterocycles. The molecule has 0 spiro atoms. The number of hydrogen-bond acceptors (Lipinski definition) is 3. The van der Waals surface area contributed by atoms with Gasteiger partial charge < -0.3 is 5.73 Å². The second-order valence-corrected chi connectivity index (χ2v) is 6.26. The van der Waals surface area contributed by atoms with E-state index in [1.807, 2.05) is 11.3 Å². The first-order valence-corrected chi connectivity index (χ1v) is 7.03. The topological polar surface area (TPSA) is 29.3 Å². The first-order valence-electron chi connectivity index (χ1n) is 5.36. The van der Waals surface area contributed by atoms with Crippen LogP contribution in [0.4, 0.5) is 0 Å². The second-order valence-electron chi connectivity index (χ2n) is 4.35. The molecule has 0 radical (unpaired) electrons. The van der Waals surface area contributed by atoms with Gasteiger partial charge in [0.2, 0.25) is 0 Å². The van der Waals surface area contributed by atoms with Crippen LogP contribution in [0.2, 0.25) is 0 Å². The van der Waals surface area contributed by atoms with E-state index in [2.05, 4.69) is 39.2 Å². The lowest BCUT2D eigenvalue weighted by atomic mass is 10.1. The Morgan fingerprint density at radius 2 is 2.38 bits per heavy atom. The quantitative estimate of drug-likeness (QED) is 0.925. The van der Waals surface area contributed by atoms with Crippen LogP contribution in [0.5, 0.6) is 0 Å². The molecule has 0 bridgehead atoms. The fourth-order valence-corrected chi connectivity index (χ4v) is 3.72. The molecule has 1 fully saturated rings. The molecular formula is C11H18BrClN2S. The van der Waals surface area contributed by atoms with Crippen LogP contribution in [0.25, 0.3) is 0 Å². The number of halogens is 2. The number of likely N-dealkylation sites (tertiary alicyclic amines) is 1. The highest BCUT2D eigenvalue weighted by Gasteiger charge is 2.27. The molecule has 0 aliphatic carbocycles. The normalized spacial score (nSPS) is 25.7. The van der Waals surface area contributed by atoms with Crippen molar-refractivity contribution in [2.75, 3.05) is 13.1 Å². The number of hydrogen-bond donors (Lipinski definition) is 1. The van der Waals surface area contributed by atoms with Crippen LogP contribution in [-0.2, 0) is 6.54 Å². The van der Waals surface area contributed by atoms with Crippen LogP contribution in [-0.4, -0.2) is 24.0 Å². The maximum absolute atomic E-state index is 5.72. The summed E-state index contributed by atoms with van der Waals surface area (Å²) in [5.41, 5.74) is 5.72. The number of nitrogens with zero attached hydrogens (tertiary/aromatic N) is 1. The van der Waals surface area contributed by atoms with E-state index in [9.17, 15) is 0 Å². The zero-order valence-corrected chi connectivity index (χ0v) is 12.6. The molecule has 2 N–H and O–H groups in total. The van der Waals surface area contributed by atoms with Gasteiger partial charge in [-0.2, -0.15) is 0 Å². The minimum absolute atomic E-state index is 0. The van der Waals surface area contributed by atoms with E-state index in [-0.39, 0.29) is 12.4 Å². The van der Waals surface area contributed by atoms with Gasteiger partial charge in [0.1, 0.15) is 0 Å². The summed E-state index contributed by atoms with van der Waals surface area (Å²) in [7, 11) is 0. The highest BCUT2D eigenvalue weighted by atomic mass is 79.9. The molecule has 0 saturated carbocycles. The van der Waals surface area contributed by atoms with Crippen LogP contribution in [0.15, 0.2) is 15.9 Å². The summed E-state index contributed by atoms with van der Waals surface area (Å²) in [5, 5.41) is 2.15. The first kappa shape index (κ1) is 14.5. The minimum Gasteiger partial charge on any atom is -0.330 e. The Kier molecular flexibility index (Phi) is 5.74. The van der Waals surface area contributed by atoms with Crippen LogP contribution < -0.4 is 5.73 Å². The van der Waals surface area contributed by atoms with Gasteiger partial charge >= 0.3 is 0 Å². The van der Waals surface area contributed by atoms with E-state index in [1.165, 1.54) is 15.8 Å². The second kappa shape index (κ2) is 6.36. The lowest BCUT2D eigenvalue weighted by molar-refractivity contribution is 0.258. The molecule has 2 rings (SSSR count). The largest absolute Gasteiger partial charge is 0.330 e. The standard InChI is InChI=1S/C11H17BrN2S.ClH/c1-8-2-9(4-13)5-14(8)6-11-3-10(12)7-15-11;/h3,7-9H,2,4-6,13H2,1H3;1H. The Bertz CT molecular complexity index is 332. The summed E-state index contributed by atoms with van der Waals surface area (Å²) in [6.45, 7) is 5.37. The number of nitrogens with two attached hydrogens (primary N) is 1. The van der Waals surface area contributed by atoms with Crippen molar-refractivity contribution in [2.24, 2.45) is 11.7 Å². The maximum atomic E-state index is 5.72. The van der Waals surface area contributed by atoms with Crippen molar-refractivity contribution < 1.29 is 0 Å².